The Kier molecular flexibility index (Phi) is 3.75. The summed E-state index contributed by atoms with van der Waals surface area (Å²) in [4.78, 5) is 24.5. The van der Waals surface area contributed by atoms with Crippen LogP contribution in [0.1, 0.15) is 19.8 Å². The van der Waals surface area contributed by atoms with Gasteiger partial charge in [-0.1, -0.05) is 6.92 Å². The molecule has 0 aromatic heterocycles. The molecule has 102 valence electrons. The Morgan fingerprint density at radius 3 is 2.56 bits per heavy atom. The summed E-state index contributed by atoms with van der Waals surface area (Å²) in [6.07, 6.45) is 2.01. The monoisotopic (exact) mass is 256 g/mol. The van der Waals surface area contributed by atoms with E-state index in [9.17, 15) is 9.59 Å². The van der Waals surface area contributed by atoms with Crippen molar-refractivity contribution in [2.24, 2.45) is 11.8 Å². The lowest BCUT2D eigenvalue weighted by atomic mass is 9.82. The number of carboxylic acid groups (broad SMARTS) is 1. The largest absolute Gasteiger partial charge is 0.481 e. The topological polar surface area (TPSA) is 78.9 Å². The van der Waals surface area contributed by atoms with Crippen molar-refractivity contribution in [2.45, 2.75) is 31.8 Å². The van der Waals surface area contributed by atoms with Crippen molar-refractivity contribution < 1.29 is 19.4 Å². The van der Waals surface area contributed by atoms with E-state index >= 15 is 0 Å². The highest BCUT2D eigenvalue weighted by Crippen LogP contribution is 2.27. The summed E-state index contributed by atoms with van der Waals surface area (Å²) in [5, 5.41) is 12.0. The van der Waals surface area contributed by atoms with E-state index in [1.165, 1.54) is 4.90 Å². The van der Waals surface area contributed by atoms with Crippen molar-refractivity contribution in [3.8, 4) is 0 Å². The number of urea groups is 1. The van der Waals surface area contributed by atoms with Gasteiger partial charge in [0.15, 0.2) is 0 Å². The van der Waals surface area contributed by atoms with Crippen molar-refractivity contribution in [2.75, 3.05) is 20.3 Å². The van der Waals surface area contributed by atoms with Gasteiger partial charge in [-0.25, -0.2) is 4.79 Å². The SMILES string of the molecule is CC1CC(NC(=O)N(C)C2COCC2C(=O)O)C1. The van der Waals surface area contributed by atoms with E-state index < -0.39 is 11.9 Å². The summed E-state index contributed by atoms with van der Waals surface area (Å²) >= 11 is 0. The minimum Gasteiger partial charge on any atom is -0.481 e. The minimum absolute atomic E-state index is 0.179. The first-order chi connectivity index (χ1) is 8.49. The molecular formula is C12H20N2O4. The number of likely N-dealkylation sites (N-methyl/N-ethyl adjacent to an activating group) is 1. The summed E-state index contributed by atoms with van der Waals surface area (Å²) in [6.45, 7) is 2.62. The van der Waals surface area contributed by atoms with Crippen LogP contribution in [-0.2, 0) is 9.53 Å². The number of nitrogens with zero attached hydrogens (tertiary/aromatic N) is 1. The lowest BCUT2D eigenvalue weighted by molar-refractivity contribution is -0.142. The maximum absolute atomic E-state index is 12.0. The predicted molar refractivity (Wildman–Crippen MR) is 64.2 cm³/mol. The summed E-state index contributed by atoms with van der Waals surface area (Å²) < 4.78 is 5.16. The molecule has 6 nitrogen and oxygen atoms in total. The molecule has 2 atom stereocenters. The zero-order valence-corrected chi connectivity index (χ0v) is 10.8. The Morgan fingerprint density at radius 2 is 2.00 bits per heavy atom. The van der Waals surface area contributed by atoms with Crippen LogP contribution in [0, 0.1) is 11.8 Å². The third kappa shape index (κ3) is 2.58. The minimum atomic E-state index is -0.908. The standard InChI is InChI=1S/C12H20N2O4/c1-7-3-8(4-7)13-12(17)14(2)10-6-18-5-9(10)11(15)16/h7-10H,3-6H2,1-2H3,(H,13,17)(H,15,16). The molecule has 2 N–H and O–H groups in total. The second-order valence-corrected chi connectivity index (χ2v) is 5.38. The molecule has 0 aromatic carbocycles. The van der Waals surface area contributed by atoms with Crippen LogP contribution in [0.3, 0.4) is 0 Å². The third-order valence-electron chi connectivity index (χ3n) is 3.89. The van der Waals surface area contributed by atoms with E-state index in [1.54, 1.807) is 7.05 Å². The number of ether oxygens (including phenoxy) is 1. The van der Waals surface area contributed by atoms with Crippen LogP contribution in [-0.4, -0.2) is 54.4 Å². The number of carbonyl (C=O) groups is 2. The first-order valence-electron chi connectivity index (χ1n) is 6.33. The molecule has 6 heteroatoms. The van der Waals surface area contributed by atoms with Crippen LogP contribution >= 0.6 is 0 Å². The smallest absolute Gasteiger partial charge is 0.317 e. The van der Waals surface area contributed by atoms with Crippen molar-refractivity contribution in [3.63, 3.8) is 0 Å². The number of carbonyl (C=O) groups excluding carboxylic acids is 1. The van der Waals surface area contributed by atoms with E-state index in [-0.39, 0.29) is 24.7 Å². The highest BCUT2D eigenvalue weighted by atomic mass is 16.5. The van der Waals surface area contributed by atoms with Crippen LogP contribution in [0.5, 0.6) is 0 Å². The highest BCUT2D eigenvalue weighted by molar-refractivity contribution is 5.77. The Hall–Kier alpha value is -1.30. The van der Waals surface area contributed by atoms with Crippen molar-refractivity contribution in [3.05, 3.63) is 0 Å². The van der Waals surface area contributed by atoms with Gasteiger partial charge in [-0.3, -0.25) is 4.79 Å². The first kappa shape index (κ1) is 13.1. The summed E-state index contributed by atoms with van der Waals surface area (Å²) in [7, 11) is 1.63. The van der Waals surface area contributed by atoms with Crippen molar-refractivity contribution in [1.82, 2.24) is 10.2 Å². The van der Waals surface area contributed by atoms with Gasteiger partial charge in [0.2, 0.25) is 0 Å². The lowest BCUT2D eigenvalue weighted by Gasteiger charge is -2.36. The van der Waals surface area contributed by atoms with E-state index in [0.29, 0.717) is 12.5 Å². The number of rotatable bonds is 3. The van der Waals surface area contributed by atoms with Crippen LogP contribution in [0.4, 0.5) is 4.79 Å². The number of carboxylic acids is 1. The van der Waals surface area contributed by atoms with Crippen molar-refractivity contribution in [1.29, 1.82) is 0 Å². The molecule has 0 aromatic rings. The van der Waals surface area contributed by atoms with Crippen LogP contribution in [0.2, 0.25) is 0 Å². The molecule has 2 fully saturated rings. The fraction of sp³-hybridized carbons (Fsp3) is 0.833. The fourth-order valence-corrected chi connectivity index (χ4v) is 2.61. The Bertz CT molecular complexity index is 341. The molecule has 1 aliphatic heterocycles. The normalized spacial score (nSPS) is 34.8. The van der Waals surface area contributed by atoms with Gasteiger partial charge in [0.1, 0.15) is 5.92 Å². The Labute approximate surface area is 106 Å². The molecule has 2 unspecified atom stereocenters. The summed E-state index contributed by atoms with van der Waals surface area (Å²) in [5.41, 5.74) is 0. The molecule has 1 saturated carbocycles. The molecule has 18 heavy (non-hydrogen) atoms. The molecule has 0 radical (unpaired) electrons. The molecule has 1 aliphatic carbocycles. The Balaban J connectivity index is 1.87. The van der Waals surface area contributed by atoms with E-state index in [0.717, 1.165) is 12.8 Å². The predicted octanol–water partition coefficient (Wildman–Crippen LogP) is 0.526. The third-order valence-corrected chi connectivity index (χ3v) is 3.89. The molecule has 1 heterocycles. The summed E-state index contributed by atoms with van der Waals surface area (Å²) in [6, 6.07) is -0.339. The molecule has 0 bridgehead atoms. The van der Waals surface area contributed by atoms with Gasteiger partial charge in [0, 0.05) is 13.1 Å². The van der Waals surface area contributed by atoms with Gasteiger partial charge in [-0.15, -0.1) is 0 Å². The zero-order chi connectivity index (χ0) is 13.3. The molecule has 2 rings (SSSR count). The maximum atomic E-state index is 12.0. The number of aliphatic carboxylic acids is 1. The van der Waals surface area contributed by atoms with Gasteiger partial charge < -0.3 is 20.1 Å². The first-order valence-corrected chi connectivity index (χ1v) is 6.33. The molecule has 2 aliphatic rings. The van der Waals surface area contributed by atoms with Crippen LogP contribution in [0.15, 0.2) is 0 Å². The summed E-state index contributed by atoms with van der Waals surface area (Å²) in [5.74, 6) is -0.863. The average Bonchev–Trinajstić information content (AvgIpc) is 2.74. The van der Waals surface area contributed by atoms with Crippen LogP contribution in [0.25, 0.3) is 0 Å². The van der Waals surface area contributed by atoms with E-state index in [4.69, 9.17) is 9.84 Å². The van der Waals surface area contributed by atoms with E-state index in [2.05, 4.69) is 12.2 Å². The molecule has 2 amide bonds. The van der Waals surface area contributed by atoms with Crippen LogP contribution < -0.4 is 5.32 Å². The van der Waals surface area contributed by atoms with E-state index in [1.807, 2.05) is 0 Å². The number of hydrogen-bond acceptors (Lipinski definition) is 3. The van der Waals surface area contributed by atoms with Gasteiger partial charge in [-0.2, -0.15) is 0 Å². The quantitative estimate of drug-likeness (QED) is 0.772. The molecular weight excluding hydrogens is 236 g/mol. The average molecular weight is 256 g/mol. The fourth-order valence-electron chi connectivity index (χ4n) is 2.61. The molecule has 0 spiro atoms. The number of hydrogen-bond donors (Lipinski definition) is 2. The highest BCUT2D eigenvalue weighted by Gasteiger charge is 2.39. The van der Waals surface area contributed by atoms with Gasteiger partial charge in [0.05, 0.1) is 19.3 Å². The van der Waals surface area contributed by atoms with Gasteiger partial charge in [0.25, 0.3) is 0 Å². The zero-order valence-electron chi connectivity index (χ0n) is 10.8. The number of nitrogens with one attached hydrogen (secondary N) is 1. The van der Waals surface area contributed by atoms with Crippen molar-refractivity contribution >= 4 is 12.0 Å². The molecule has 1 saturated heterocycles. The second-order valence-electron chi connectivity index (χ2n) is 5.38. The van der Waals surface area contributed by atoms with Gasteiger partial charge >= 0.3 is 12.0 Å². The number of amides is 2. The van der Waals surface area contributed by atoms with Gasteiger partial charge in [-0.05, 0) is 18.8 Å². The lowest BCUT2D eigenvalue weighted by Crippen LogP contribution is -2.53. The Morgan fingerprint density at radius 1 is 1.33 bits per heavy atom. The second kappa shape index (κ2) is 5.14. The maximum Gasteiger partial charge on any atom is 0.317 e.